The van der Waals surface area contributed by atoms with Gasteiger partial charge in [0.2, 0.25) is 0 Å². The van der Waals surface area contributed by atoms with E-state index in [0.717, 1.165) is 38.5 Å². The molecule has 2 amide bonds. The van der Waals surface area contributed by atoms with E-state index in [0.29, 0.717) is 13.0 Å². The molecule has 2 aliphatic rings. The summed E-state index contributed by atoms with van der Waals surface area (Å²) in [7, 11) is 0. The number of nitrogens with one attached hydrogen (secondary N) is 1. The van der Waals surface area contributed by atoms with Gasteiger partial charge in [0.15, 0.2) is 0 Å². The molecule has 0 spiro atoms. The molecule has 120 valence electrons. The van der Waals surface area contributed by atoms with Gasteiger partial charge in [-0.25, -0.2) is 9.59 Å². The van der Waals surface area contributed by atoms with Crippen LogP contribution in [0.4, 0.5) is 4.79 Å². The Labute approximate surface area is 127 Å². The summed E-state index contributed by atoms with van der Waals surface area (Å²) in [5.74, 6) is -0.880. The number of amides is 2. The second kappa shape index (κ2) is 6.67. The molecule has 1 aliphatic heterocycles. The maximum absolute atomic E-state index is 12.6. The summed E-state index contributed by atoms with van der Waals surface area (Å²) in [4.78, 5) is 25.5. The summed E-state index contributed by atoms with van der Waals surface area (Å²) in [6.07, 6.45) is 7.79. The van der Waals surface area contributed by atoms with Gasteiger partial charge in [0.1, 0.15) is 6.04 Å². The first-order valence-corrected chi connectivity index (χ1v) is 8.22. The van der Waals surface area contributed by atoms with Crippen LogP contribution in [0.3, 0.4) is 0 Å². The Kier molecular flexibility index (Phi) is 5.12. The zero-order valence-electron chi connectivity index (χ0n) is 13.2. The number of rotatable bonds is 2. The Bertz CT molecular complexity index is 395. The molecule has 0 bridgehead atoms. The van der Waals surface area contributed by atoms with Crippen LogP contribution in [0.1, 0.15) is 65.2 Å². The first kappa shape index (κ1) is 16.1. The normalized spacial score (nSPS) is 29.5. The van der Waals surface area contributed by atoms with Crippen molar-refractivity contribution in [3.8, 4) is 0 Å². The third-order valence-electron chi connectivity index (χ3n) is 5.10. The van der Waals surface area contributed by atoms with Crippen LogP contribution < -0.4 is 5.32 Å². The number of carboxylic acid groups (broad SMARTS) is 1. The highest BCUT2D eigenvalue weighted by atomic mass is 16.4. The zero-order chi connectivity index (χ0) is 15.5. The van der Waals surface area contributed by atoms with Gasteiger partial charge in [-0.15, -0.1) is 0 Å². The van der Waals surface area contributed by atoms with Crippen molar-refractivity contribution in [1.29, 1.82) is 0 Å². The number of urea groups is 1. The highest BCUT2D eigenvalue weighted by Gasteiger charge is 2.36. The predicted molar refractivity (Wildman–Crippen MR) is 81.2 cm³/mol. The number of carboxylic acids is 1. The Balaban J connectivity index is 2.04. The number of hydrogen-bond acceptors (Lipinski definition) is 2. The van der Waals surface area contributed by atoms with Crippen molar-refractivity contribution in [3.63, 3.8) is 0 Å². The lowest BCUT2D eigenvalue weighted by Gasteiger charge is -2.40. The van der Waals surface area contributed by atoms with E-state index in [1.807, 2.05) is 0 Å². The van der Waals surface area contributed by atoms with Gasteiger partial charge in [0.05, 0.1) is 0 Å². The third-order valence-corrected chi connectivity index (χ3v) is 5.10. The maximum Gasteiger partial charge on any atom is 0.326 e. The smallest absolute Gasteiger partial charge is 0.326 e. The van der Waals surface area contributed by atoms with Crippen LogP contribution in [0.2, 0.25) is 0 Å². The monoisotopic (exact) mass is 296 g/mol. The van der Waals surface area contributed by atoms with Gasteiger partial charge >= 0.3 is 12.0 Å². The molecule has 2 fully saturated rings. The summed E-state index contributed by atoms with van der Waals surface area (Å²) in [5, 5.41) is 12.5. The fourth-order valence-corrected chi connectivity index (χ4v) is 3.60. The van der Waals surface area contributed by atoms with Crippen molar-refractivity contribution in [2.24, 2.45) is 5.41 Å². The number of nitrogens with zero attached hydrogens (tertiary/aromatic N) is 1. The second-order valence-corrected chi connectivity index (χ2v) is 7.13. The van der Waals surface area contributed by atoms with Crippen LogP contribution in [0, 0.1) is 5.41 Å². The van der Waals surface area contributed by atoms with Gasteiger partial charge in [0.25, 0.3) is 0 Å². The van der Waals surface area contributed by atoms with Crippen LogP contribution in [0.25, 0.3) is 0 Å². The van der Waals surface area contributed by atoms with Gasteiger partial charge in [-0.2, -0.15) is 0 Å². The van der Waals surface area contributed by atoms with Gasteiger partial charge in [-0.3, -0.25) is 0 Å². The molecule has 1 heterocycles. The van der Waals surface area contributed by atoms with Crippen molar-refractivity contribution in [2.45, 2.75) is 77.3 Å². The van der Waals surface area contributed by atoms with Crippen molar-refractivity contribution in [3.05, 3.63) is 0 Å². The number of carbonyl (C=O) groups excluding carboxylic acids is 1. The van der Waals surface area contributed by atoms with Crippen LogP contribution in [0.5, 0.6) is 0 Å². The fraction of sp³-hybridized carbons (Fsp3) is 0.875. The van der Waals surface area contributed by atoms with E-state index >= 15 is 0 Å². The molecule has 21 heavy (non-hydrogen) atoms. The lowest BCUT2D eigenvalue weighted by atomic mass is 9.73. The SMILES string of the molecule is CC1(C)CCCCC1NC(=O)N1CCCCCC1C(=O)O. The van der Waals surface area contributed by atoms with Crippen LogP contribution in [-0.2, 0) is 4.79 Å². The summed E-state index contributed by atoms with van der Waals surface area (Å²) in [6, 6.07) is -0.708. The molecular weight excluding hydrogens is 268 g/mol. The highest BCUT2D eigenvalue weighted by Crippen LogP contribution is 2.35. The molecule has 0 aromatic rings. The highest BCUT2D eigenvalue weighted by molar-refractivity contribution is 5.83. The van der Waals surface area contributed by atoms with Gasteiger partial charge in [-0.1, -0.05) is 39.5 Å². The van der Waals surface area contributed by atoms with E-state index in [1.54, 1.807) is 4.90 Å². The van der Waals surface area contributed by atoms with Crippen LogP contribution in [0.15, 0.2) is 0 Å². The Morgan fingerprint density at radius 3 is 2.48 bits per heavy atom. The van der Waals surface area contributed by atoms with Gasteiger partial charge in [0, 0.05) is 12.6 Å². The minimum absolute atomic E-state index is 0.0957. The molecule has 2 N–H and O–H groups in total. The molecule has 2 rings (SSSR count). The molecule has 2 atom stereocenters. The van der Waals surface area contributed by atoms with Crippen molar-refractivity contribution in [2.75, 3.05) is 6.54 Å². The molecule has 2 unspecified atom stereocenters. The first-order chi connectivity index (χ1) is 9.92. The summed E-state index contributed by atoms with van der Waals surface area (Å²) in [6.45, 7) is 4.93. The van der Waals surface area contributed by atoms with Gasteiger partial charge < -0.3 is 15.3 Å². The zero-order valence-corrected chi connectivity index (χ0v) is 13.2. The number of hydrogen-bond donors (Lipinski definition) is 2. The van der Waals surface area contributed by atoms with E-state index in [9.17, 15) is 14.7 Å². The molecule has 0 aromatic carbocycles. The minimum atomic E-state index is -0.880. The van der Waals surface area contributed by atoms with E-state index in [2.05, 4.69) is 19.2 Å². The topological polar surface area (TPSA) is 69.6 Å². The summed E-state index contributed by atoms with van der Waals surface area (Å²) >= 11 is 0. The summed E-state index contributed by atoms with van der Waals surface area (Å²) in [5.41, 5.74) is 0.0957. The second-order valence-electron chi connectivity index (χ2n) is 7.13. The van der Waals surface area contributed by atoms with Crippen LogP contribution in [-0.4, -0.2) is 40.6 Å². The molecular formula is C16H28N2O3. The van der Waals surface area contributed by atoms with E-state index in [4.69, 9.17) is 0 Å². The summed E-state index contributed by atoms with van der Waals surface area (Å²) < 4.78 is 0. The van der Waals surface area contributed by atoms with E-state index in [1.165, 1.54) is 6.42 Å². The predicted octanol–water partition coefficient (Wildman–Crippen LogP) is 2.99. The standard InChI is InChI=1S/C16H28N2O3/c1-16(2)10-6-5-9-13(16)17-15(21)18-11-7-3-4-8-12(18)14(19)20/h12-13H,3-11H2,1-2H3,(H,17,21)(H,19,20). The largest absolute Gasteiger partial charge is 0.480 e. The molecule has 5 heteroatoms. The van der Waals surface area contributed by atoms with E-state index < -0.39 is 12.0 Å². The fourth-order valence-electron chi connectivity index (χ4n) is 3.60. The lowest BCUT2D eigenvalue weighted by Crippen LogP contribution is -2.55. The van der Waals surface area contributed by atoms with Crippen LogP contribution >= 0.6 is 0 Å². The maximum atomic E-state index is 12.6. The van der Waals surface area contributed by atoms with Crippen molar-refractivity contribution >= 4 is 12.0 Å². The third kappa shape index (κ3) is 3.89. The Morgan fingerprint density at radius 1 is 1.10 bits per heavy atom. The first-order valence-electron chi connectivity index (χ1n) is 8.22. The average Bonchev–Trinajstić information content (AvgIpc) is 2.66. The molecule has 0 aromatic heterocycles. The van der Waals surface area contributed by atoms with Gasteiger partial charge in [-0.05, 0) is 31.1 Å². The van der Waals surface area contributed by atoms with Crippen molar-refractivity contribution < 1.29 is 14.7 Å². The molecule has 1 saturated heterocycles. The average molecular weight is 296 g/mol. The number of aliphatic carboxylic acids is 1. The Hall–Kier alpha value is -1.26. The molecule has 5 nitrogen and oxygen atoms in total. The quantitative estimate of drug-likeness (QED) is 0.823. The van der Waals surface area contributed by atoms with Crippen molar-refractivity contribution in [1.82, 2.24) is 10.2 Å². The minimum Gasteiger partial charge on any atom is -0.480 e. The number of carbonyl (C=O) groups is 2. The molecule has 0 radical (unpaired) electrons. The lowest BCUT2D eigenvalue weighted by molar-refractivity contribution is -0.142. The van der Waals surface area contributed by atoms with E-state index in [-0.39, 0.29) is 17.5 Å². The molecule has 1 saturated carbocycles. The number of likely N-dealkylation sites (tertiary alicyclic amines) is 1. The Morgan fingerprint density at radius 2 is 1.81 bits per heavy atom. The molecule has 1 aliphatic carbocycles.